The fourth-order valence-electron chi connectivity index (χ4n) is 2.56. The van der Waals surface area contributed by atoms with Gasteiger partial charge in [-0.05, 0) is 39.3 Å². The number of aryl methyl sites for hydroxylation is 2. The maximum absolute atomic E-state index is 12.2. The Morgan fingerprint density at radius 3 is 2.36 bits per heavy atom. The van der Waals surface area contributed by atoms with Crippen LogP contribution in [-0.4, -0.2) is 20.4 Å². The lowest BCUT2D eigenvalue weighted by molar-refractivity contribution is -0.120. The summed E-state index contributed by atoms with van der Waals surface area (Å²) >= 11 is 12.0. The molecule has 3 rings (SSSR count). The van der Waals surface area contributed by atoms with Crippen molar-refractivity contribution in [1.82, 2.24) is 10.2 Å². The maximum atomic E-state index is 12.2. The molecule has 0 aliphatic heterocycles. The minimum atomic E-state index is -0.982. The van der Waals surface area contributed by atoms with Crippen LogP contribution in [0.25, 0.3) is 11.3 Å². The summed E-state index contributed by atoms with van der Waals surface area (Å²) in [5, 5.41) is 9.85. The largest absolute Gasteiger partial charge is 0.309 e. The fraction of sp³-hybridized carbons (Fsp3) is 0.375. The van der Waals surface area contributed by atoms with Crippen molar-refractivity contribution >= 4 is 34.9 Å². The van der Waals surface area contributed by atoms with Crippen molar-refractivity contribution in [1.29, 1.82) is 0 Å². The molecule has 1 amide bonds. The predicted octanol–water partition coefficient (Wildman–Crippen LogP) is 4.22. The van der Waals surface area contributed by atoms with E-state index in [0.717, 1.165) is 11.3 Å². The summed E-state index contributed by atoms with van der Waals surface area (Å²) in [7, 11) is 0. The highest BCUT2D eigenvalue weighted by Crippen LogP contribution is 2.64. The summed E-state index contributed by atoms with van der Waals surface area (Å²) in [5.74, 6) is 0.257. The van der Waals surface area contributed by atoms with Crippen LogP contribution < -0.4 is 5.32 Å². The van der Waals surface area contributed by atoms with Gasteiger partial charge in [0, 0.05) is 11.6 Å². The zero-order valence-corrected chi connectivity index (χ0v) is 14.1. The van der Waals surface area contributed by atoms with E-state index in [9.17, 15) is 4.79 Å². The highest BCUT2D eigenvalue weighted by molar-refractivity contribution is 6.53. The van der Waals surface area contributed by atoms with E-state index in [-0.39, 0.29) is 5.91 Å². The summed E-state index contributed by atoms with van der Waals surface area (Å²) in [6.07, 6.45) is 0.448. The third-order valence-electron chi connectivity index (χ3n) is 4.11. The number of anilines is 1. The van der Waals surface area contributed by atoms with Gasteiger partial charge in [-0.2, -0.15) is 5.10 Å². The van der Waals surface area contributed by atoms with Crippen LogP contribution in [-0.2, 0) is 4.79 Å². The molecular formula is C16H17Cl2N3O. The topological polar surface area (TPSA) is 57.8 Å². The number of hydrogen-bond acceptors (Lipinski definition) is 2. The molecule has 0 bridgehead atoms. The SMILES string of the molecule is Cc1cc(C)cc(-c2cc(NC(=O)C3(C)CC3(Cl)Cl)n[nH]2)c1. The molecule has 0 radical (unpaired) electrons. The van der Waals surface area contributed by atoms with Crippen LogP contribution >= 0.6 is 23.2 Å². The van der Waals surface area contributed by atoms with Crippen LogP contribution in [0.3, 0.4) is 0 Å². The van der Waals surface area contributed by atoms with Gasteiger partial charge in [0.25, 0.3) is 0 Å². The lowest BCUT2D eigenvalue weighted by Gasteiger charge is -2.10. The number of carbonyl (C=O) groups is 1. The molecule has 1 heterocycles. The number of nitrogens with one attached hydrogen (secondary N) is 2. The molecule has 1 aliphatic carbocycles. The average Bonchev–Trinajstić information content (AvgIpc) is 2.76. The Hall–Kier alpha value is -1.52. The zero-order chi connectivity index (χ0) is 16.1. The van der Waals surface area contributed by atoms with Crippen LogP contribution in [0.1, 0.15) is 24.5 Å². The molecular weight excluding hydrogens is 321 g/mol. The Kier molecular flexibility index (Phi) is 3.49. The van der Waals surface area contributed by atoms with Gasteiger partial charge in [0.05, 0.1) is 11.1 Å². The van der Waals surface area contributed by atoms with Crippen molar-refractivity contribution in [2.45, 2.75) is 31.5 Å². The zero-order valence-electron chi connectivity index (χ0n) is 12.6. The van der Waals surface area contributed by atoms with Crippen molar-refractivity contribution < 1.29 is 4.79 Å². The van der Waals surface area contributed by atoms with Gasteiger partial charge in [-0.3, -0.25) is 9.89 Å². The molecule has 4 nitrogen and oxygen atoms in total. The van der Waals surface area contributed by atoms with Crippen molar-refractivity contribution in [2.75, 3.05) is 5.32 Å². The number of alkyl halides is 2. The van der Waals surface area contributed by atoms with E-state index in [1.807, 2.05) is 19.9 Å². The minimum absolute atomic E-state index is 0.212. The number of benzene rings is 1. The Bertz CT molecular complexity index is 733. The van der Waals surface area contributed by atoms with Crippen LogP contribution in [0.2, 0.25) is 0 Å². The number of halogens is 2. The summed E-state index contributed by atoms with van der Waals surface area (Å²) in [4.78, 5) is 12.2. The summed E-state index contributed by atoms with van der Waals surface area (Å²) in [5.41, 5.74) is 3.48. The Labute approximate surface area is 139 Å². The van der Waals surface area contributed by atoms with Crippen LogP contribution in [0.4, 0.5) is 5.82 Å². The first kappa shape index (κ1) is 15.4. The van der Waals surface area contributed by atoms with E-state index >= 15 is 0 Å². The standard InChI is InChI=1S/C16H17Cl2N3O/c1-9-4-10(2)6-11(5-9)12-7-13(21-20-12)19-14(22)15(3)8-16(15,17)18/h4-7H,8H2,1-3H3,(H2,19,20,21,22). The van der Waals surface area contributed by atoms with E-state index in [0.29, 0.717) is 12.2 Å². The van der Waals surface area contributed by atoms with Crippen LogP contribution in [0.5, 0.6) is 0 Å². The number of nitrogens with zero attached hydrogens (tertiary/aromatic N) is 1. The van der Waals surface area contributed by atoms with Crippen molar-refractivity contribution in [3.8, 4) is 11.3 Å². The number of H-pyrrole nitrogens is 1. The minimum Gasteiger partial charge on any atom is -0.309 e. The van der Waals surface area contributed by atoms with E-state index in [1.54, 1.807) is 6.92 Å². The van der Waals surface area contributed by atoms with Gasteiger partial charge in [0.2, 0.25) is 5.91 Å². The molecule has 22 heavy (non-hydrogen) atoms. The molecule has 116 valence electrons. The second-order valence-electron chi connectivity index (χ2n) is 6.21. The monoisotopic (exact) mass is 337 g/mol. The van der Waals surface area contributed by atoms with Gasteiger partial charge in [-0.25, -0.2) is 0 Å². The van der Waals surface area contributed by atoms with Crippen LogP contribution in [0.15, 0.2) is 24.3 Å². The lowest BCUT2D eigenvalue weighted by atomic mass is 10.1. The number of hydrogen-bond donors (Lipinski definition) is 2. The first-order valence-corrected chi connectivity index (χ1v) is 7.80. The fourth-order valence-corrected chi connectivity index (χ4v) is 3.27. The summed E-state index contributed by atoms with van der Waals surface area (Å²) < 4.78 is -0.982. The third kappa shape index (κ3) is 2.61. The molecule has 1 unspecified atom stereocenters. The Balaban J connectivity index is 1.79. The Morgan fingerprint density at radius 1 is 1.23 bits per heavy atom. The average molecular weight is 338 g/mol. The number of aromatic amines is 1. The first-order valence-electron chi connectivity index (χ1n) is 7.05. The number of rotatable bonds is 3. The van der Waals surface area contributed by atoms with Gasteiger partial charge in [-0.1, -0.05) is 17.2 Å². The van der Waals surface area contributed by atoms with Gasteiger partial charge < -0.3 is 5.32 Å². The van der Waals surface area contributed by atoms with E-state index in [4.69, 9.17) is 23.2 Å². The van der Waals surface area contributed by atoms with E-state index in [1.165, 1.54) is 11.1 Å². The van der Waals surface area contributed by atoms with Gasteiger partial charge in [-0.15, -0.1) is 23.2 Å². The van der Waals surface area contributed by atoms with Crippen molar-refractivity contribution in [3.05, 3.63) is 35.4 Å². The third-order valence-corrected chi connectivity index (χ3v) is 5.21. The molecule has 1 aromatic carbocycles. The second-order valence-corrected chi connectivity index (χ2v) is 7.69. The van der Waals surface area contributed by atoms with Crippen LogP contribution in [0, 0.1) is 19.3 Å². The van der Waals surface area contributed by atoms with Crippen molar-refractivity contribution in [2.24, 2.45) is 5.41 Å². The first-order chi connectivity index (χ1) is 10.2. The number of amides is 1. The summed E-state index contributed by atoms with van der Waals surface area (Å²) in [6, 6.07) is 8.05. The quantitative estimate of drug-likeness (QED) is 0.824. The molecule has 6 heteroatoms. The van der Waals surface area contributed by atoms with Gasteiger partial charge in [0.1, 0.15) is 4.33 Å². The predicted molar refractivity (Wildman–Crippen MR) is 89.3 cm³/mol. The number of aromatic nitrogens is 2. The highest BCUT2D eigenvalue weighted by Gasteiger charge is 2.68. The lowest BCUT2D eigenvalue weighted by Crippen LogP contribution is -2.26. The molecule has 1 saturated carbocycles. The molecule has 1 aromatic heterocycles. The van der Waals surface area contributed by atoms with E-state index in [2.05, 4.69) is 33.7 Å². The normalized spacial score (nSPS) is 22.4. The highest BCUT2D eigenvalue weighted by atomic mass is 35.5. The van der Waals surface area contributed by atoms with Crippen molar-refractivity contribution in [3.63, 3.8) is 0 Å². The molecule has 1 aliphatic rings. The molecule has 1 fully saturated rings. The van der Waals surface area contributed by atoms with Gasteiger partial charge in [0.15, 0.2) is 5.82 Å². The smallest absolute Gasteiger partial charge is 0.234 e. The molecule has 1 atom stereocenters. The van der Waals surface area contributed by atoms with E-state index < -0.39 is 9.75 Å². The Morgan fingerprint density at radius 2 is 1.82 bits per heavy atom. The number of carbonyl (C=O) groups excluding carboxylic acids is 1. The molecule has 0 spiro atoms. The maximum Gasteiger partial charge on any atom is 0.234 e. The molecule has 0 saturated heterocycles. The summed E-state index contributed by atoms with van der Waals surface area (Å²) in [6.45, 7) is 5.84. The molecule has 2 aromatic rings. The molecule has 2 N–H and O–H groups in total. The van der Waals surface area contributed by atoms with Gasteiger partial charge >= 0.3 is 0 Å². The second kappa shape index (κ2) is 5.00.